The van der Waals surface area contributed by atoms with Crippen LogP contribution in [0.3, 0.4) is 0 Å². The fourth-order valence-corrected chi connectivity index (χ4v) is 2.05. The average molecular weight is 289 g/mol. The van der Waals surface area contributed by atoms with Crippen LogP contribution in [0.25, 0.3) is 6.08 Å². The van der Waals surface area contributed by atoms with E-state index >= 15 is 0 Å². The first-order valence-electron chi connectivity index (χ1n) is 4.95. The summed E-state index contributed by atoms with van der Waals surface area (Å²) in [6.07, 6.45) is -3.65. The van der Waals surface area contributed by atoms with Gasteiger partial charge >= 0.3 is 6.36 Å². The summed E-state index contributed by atoms with van der Waals surface area (Å²) in [5.41, 5.74) is 0.0622. The van der Waals surface area contributed by atoms with E-state index in [4.69, 9.17) is 0 Å². The van der Waals surface area contributed by atoms with Gasteiger partial charge in [-0.25, -0.2) is 0 Å². The minimum atomic E-state index is -4.82. The van der Waals surface area contributed by atoms with Gasteiger partial charge in [-0.1, -0.05) is 18.2 Å². The number of nitrogens with one attached hydrogen (secondary N) is 1. The molecule has 0 unspecified atom stereocenters. The van der Waals surface area contributed by atoms with Crippen LogP contribution in [0.5, 0.6) is 5.75 Å². The summed E-state index contributed by atoms with van der Waals surface area (Å²) < 4.78 is 40.4. The molecule has 1 aromatic carbocycles. The molecule has 8 heteroatoms. The highest BCUT2D eigenvalue weighted by Crippen LogP contribution is 2.31. The average Bonchev–Trinajstić information content (AvgIpc) is 2.58. The van der Waals surface area contributed by atoms with Crippen molar-refractivity contribution in [2.24, 2.45) is 0 Å². The van der Waals surface area contributed by atoms with E-state index in [-0.39, 0.29) is 10.5 Å². The second-order valence-electron chi connectivity index (χ2n) is 3.44. The second kappa shape index (κ2) is 4.96. The smallest absolute Gasteiger partial charge is 0.405 e. The van der Waals surface area contributed by atoms with Gasteiger partial charge in [-0.05, 0) is 23.9 Å². The van der Waals surface area contributed by atoms with Crippen molar-refractivity contribution in [1.29, 1.82) is 0 Å². The van der Waals surface area contributed by atoms with Gasteiger partial charge in [-0.15, -0.1) is 13.2 Å². The molecule has 0 saturated carbocycles. The van der Waals surface area contributed by atoms with Crippen LogP contribution in [0.4, 0.5) is 18.0 Å². The third-order valence-corrected chi connectivity index (χ3v) is 2.88. The van der Waals surface area contributed by atoms with Gasteiger partial charge < -0.3 is 4.74 Å². The maximum atomic E-state index is 12.2. The molecule has 2 amide bonds. The van der Waals surface area contributed by atoms with E-state index in [0.717, 1.165) is 6.07 Å². The molecule has 1 aliphatic heterocycles. The van der Waals surface area contributed by atoms with E-state index in [1.807, 2.05) is 5.32 Å². The Morgan fingerprint density at radius 1 is 1.21 bits per heavy atom. The summed E-state index contributed by atoms with van der Waals surface area (Å²) in [7, 11) is 0. The summed E-state index contributed by atoms with van der Waals surface area (Å²) >= 11 is 0.620. The number of imide groups is 1. The Kier molecular flexibility index (Phi) is 3.52. The van der Waals surface area contributed by atoms with Crippen LogP contribution in [0.2, 0.25) is 0 Å². The lowest BCUT2D eigenvalue weighted by atomic mass is 10.2. The minimum absolute atomic E-state index is 0.0169. The number of carbonyl (C=O) groups excluding carboxylic acids is 2. The SMILES string of the molecule is O=C1NC(=O)/C(=C\c2ccccc2OC(F)(F)F)S1. The van der Waals surface area contributed by atoms with E-state index in [1.165, 1.54) is 24.3 Å². The molecular formula is C11H6F3NO3S. The molecule has 1 N–H and O–H groups in total. The molecule has 2 rings (SSSR count). The number of amides is 2. The maximum Gasteiger partial charge on any atom is 0.573 e. The van der Waals surface area contributed by atoms with E-state index in [1.54, 1.807) is 0 Å². The zero-order chi connectivity index (χ0) is 14.0. The first-order chi connectivity index (χ1) is 8.85. The van der Waals surface area contributed by atoms with Crippen LogP contribution in [0, 0.1) is 0 Å². The van der Waals surface area contributed by atoms with Crippen molar-refractivity contribution < 1.29 is 27.5 Å². The van der Waals surface area contributed by atoms with E-state index in [9.17, 15) is 22.8 Å². The first-order valence-corrected chi connectivity index (χ1v) is 5.76. The highest BCUT2D eigenvalue weighted by molar-refractivity contribution is 8.18. The number of para-hydroxylation sites is 1. The van der Waals surface area contributed by atoms with Crippen LogP contribution in [0.1, 0.15) is 5.56 Å². The number of halogens is 3. The van der Waals surface area contributed by atoms with Gasteiger partial charge in [0.15, 0.2) is 0 Å². The molecule has 4 nitrogen and oxygen atoms in total. The monoisotopic (exact) mass is 289 g/mol. The molecule has 1 heterocycles. The molecule has 0 aliphatic carbocycles. The van der Waals surface area contributed by atoms with Crippen molar-refractivity contribution in [3.8, 4) is 5.75 Å². The summed E-state index contributed by atoms with van der Waals surface area (Å²) in [4.78, 5) is 22.3. The third-order valence-electron chi connectivity index (χ3n) is 2.07. The molecule has 1 fully saturated rings. The minimum Gasteiger partial charge on any atom is -0.405 e. The van der Waals surface area contributed by atoms with E-state index in [2.05, 4.69) is 4.74 Å². The highest BCUT2D eigenvalue weighted by atomic mass is 32.2. The largest absolute Gasteiger partial charge is 0.573 e. The van der Waals surface area contributed by atoms with Crippen LogP contribution in [-0.4, -0.2) is 17.5 Å². The van der Waals surface area contributed by atoms with Crippen molar-refractivity contribution in [2.75, 3.05) is 0 Å². The summed E-state index contributed by atoms with van der Waals surface area (Å²) in [6, 6.07) is 5.34. The zero-order valence-corrected chi connectivity index (χ0v) is 9.97. The highest BCUT2D eigenvalue weighted by Gasteiger charge is 2.32. The van der Waals surface area contributed by atoms with Crippen molar-refractivity contribution in [3.05, 3.63) is 34.7 Å². The van der Waals surface area contributed by atoms with Crippen molar-refractivity contribution in [3.63, 3.8) is 0 Å². The topological polar surface area (TPSA) is 55.4 Å². The second-order valence-corrected chi connectivity index (χ2v) is 4.45. The number of carbonyl (C=O) groups is 2. The van der Waals surface area contributed by atoms with Gasteiger partial charge in [0.2, 0.25) is 0 Å². The summed E-state index contributed by atoms with van der Waals surface area (Å²) in [5, 5.41) is 1.44. The predicted molar refractivity (Wildman–Crippen MR) is 62.2 cm³/mol. The molecule has 0 spiro atoms. The lowest BCUT2D eigenvalue weighted by molar-refractivity contribution is -0.274. The quantitative estimate of drug-likeness (QED) is 0.851. The van der Waals surface area contributed by atoms with Gasteiger partial charge in [-0.3, -0.25) is 14.9 Å². The lowest BCUT2D eigenvalue weighted by Gasteiger charge is -2.11. The van der Waals surface area contributed by atoms with Crippen LogP contribution < -0.4 is 10.1 Å². The number of rotatable bonds is 2. The maximum absolute atomic E-state index is 12.2. The van der Waals surface area contributed by atoms with Crippen molar-refractivity contribution in [2.45, 2.75) is 6.36 Å². The number of thioether (sulfide) groups is 1. The predicted octanol–water partition coefficient (Wildman–Crippen LogP) is 2.91. The fraction of sp³-hybridized carbons (Fsp3) is 0.0909. The fourth-order valence-electron chi connectivity index (χ4n) is 1.38. The molecule has 0 aromatic heterocycles. The normalized spacial score (nSPS) is 17.7. The van der Waals surface area contributed by atoms with Crippen LogP contribution in [-0.2, 0) is 4.79 Å². The first kappa shape index (κ1) is 13.5. The van der Waals surface area contributed by atoms with Gasteiger partial charge in [0.05, 0.1) is 4.91 Å². The van der Waals surface area contributed by atoms with E-state index < -0.39 is 23.3 Å². The number of hydrogen-bond donors (Lipinski definition) is 1. The number of hydrogen-bond acceptors (Lipinski definition) is 4. The Bertz CT molecular complexity index is 569. The molecule has 100 valence electrons. The zero-order valence-electron chi connectivity index (χ0n) is 9.15. The van der Waals surface area contributed by atoms with E-state index in [0.29, 0.717) is 11.8 Å². The van der Waals surface area contributed by atoms with Gasteiger partial charge in [0, 0.05) is 5.56 Å². The van der Waals surface area contributed by atoms with Crippen molar-refractivity contribution >= 4 is 29.0 Å². The Balaban J connectivity index is 2.33. The molecule has 0 radical (unpaired) electrons. The molecule has 1 aliphatic rings. The molecule has 0 atom stereocenters. The lowest BCUT2D eigenvalue weighted by Crippen LogP contribution is -2.18. The Morgan fingerprint density at radius 2 is 1.89 bits per heavy atom. The third kappa shape index (κ3) is 3.50. The van der Waals surface area contributed by atoms with Gasteiger partial charge in [-0.2, -0.15) is 0 Å². The Morgan fingerprint density at radius 3 is 2.47 bits per heavy atom. The molecule has 19 heavy (non-hydrogen) atoms. The molecular weight excluding hydrogens is 283 g/mol. The van der Waals surface area contributed by atoms with Crippen molar-refractivity contribution in [1.82, 2.24) is 5.32 Å². The number of benzene rings is 1. The standard InChI is InChI=1S/C11H6F3NO3S/c12-11(13,14)18-7-4-2-1-3-6(7)5-8-9(16)15-10(17)19-8/h1-5H,(H,15,16,17)/b8-5+. The number of ether oxygens (including phenoxy) is 1. The van der Waals surface area contributed by atoms with Gasteiger partial charge in [0.1, 0.15) is 5.75 Å². The summed E-state index contributed by atoms with van der Waals surface area (Å²) in [6.45, 7) is 0. The number of alkyl halides is 3. The molecule has 1 saturated heterocycles. The molecule has 0 bridgehead atoms. The van der Waals surface area contributed by atoms with Gasteiger partial charge in [0.25, 0.3) is 11.1 Å². The Labute approximate surface area is 109 Å². The summed E-state index contributed by atoms with van der Waals surface area (Å²) in [5.74, 6) is -1.08. The Hall–Kier alpha value is -1.96. The molecule has 1 aromatic rings. The van der Waals surface area contributed by atoms with Crippen LogP contribution >= 0.6 is 11.8 Å². The van der Waals surface area contributed by atoms with Crippen LogP contribution in [0.15, 0.2) is 29.2 Å².